The van der Waals surface area contributed by atoms with Gasteiger partial charge >= 0.3 is 6.18 Å². The second-order valence-corrected chi connectivity index (χ2v) is 16.0. The van der Waals surface area contributed by atoms with Gasteiger partial charge in [0.15, 0.2) is 8.32 Å². The van der Waals surface area contributed by atoms with Crippen LogP contribution in [0.15, 0.2) is 36.8 Å². The first-order chi connectivity index (χ1) is 17.8. The molecule has 1 aliphatic carbocycles. The van der Waals surface area contributed by atoms with E-state index in [1.165, 1.54) is 6.07 Å². The summed E-state index contributed by atoms with van der Waals surface area (Å²) in [5.41, 5.74) is 1.34. The number of alkyl halides is 3. The van der Waals surface area contributed by atoms with Crippen molar-refractivity contribution >= 4 is 19.6 Å². The number of hydrogen-bond acceptors (Lipinski definition) is 5. The Morgan fingerprint density at radius 1 is 1.18 bits per heavy atom. The molecule has 1 aliphatic rings. The van der Waals surface area contributed by atoms with Gasteiger partial charge in [-0.05, 0) is 61.7 Å². The van der Waals surface area contributed by atoms with Crippen molar-refractivity contribution in [2.45, 2.75) is 77.4 Å². The van der Waals surface area contributed by atoms with Crippen LogP contribution in [0.5, 0.6) is 0 Å². The number of rotatable bonds is 11. The van der Waals surface area contributed by atoms with E-state index in [4.69, 9.17) is 14.4 Å². The van der Waals surface area contributed by atoms with Crippen molar-refractivity contribution in [1.82, 2.24) is 9.55 Å². The van der Waals surface area contributed by atoms with Gasteiger partial charge in [0.05, 0.1) is 55.2 Å². The van der Waals surface area contributed by atoms with E-state index in [1.807, 2.05) is 18.0 Å². The lowest BCUT2D eigenvalue weighted by Crippen LogP contribution is -2.41. The summed E-state index contributed by atoms with van der Waals surface area (Å²) >= 11 is 0. The van der Waals surface area contributed by atoms with Crippen molar-refractivity contribution in [2.24, 2.45) is 0 Å². The van der Waals surface area contributed by atoms with Crippen LogP contribution in [0.3, 0.4) is 0 Å². The largest absolute Gasteiger partial charge is 0.417 e. The molecular weight excluding hydrogens is 509 g/mol. The molecule has 0 radical (unpaired) electrons. The SMILES string of the molecule is CCN(c1ccc(C#N)c(C(F)(F)F)c1)C1CC=C(c2cncn2CCOCCO[Si](C)(C)C(C)(C)C)C1. The van der Waals surface area contributed by atoms with E-state index in [0.29, 0.717) is 45.0 Å². The zero-order chi connectivity index (χ0) is 28.1. The number of ether oxygens (including phenoxy) is 1. The van der Waals surface area contributed by atoms with Crippen molar-refractivity contribution in [2.75, 3.05) is 31.3 Å². The summed E-state index contributed by atoms with van der Waals surface area (Å²) in [5.74, 6) is 0. The van der Waals surface area contributed by atoms with Gasteiger partial charge in [-0.25, -0.2) is 4.98 Å². The number of hydrogen-bond donors (Lipinski definition) is 0. The van der Waals surface area contributed by atoms with E-state index in [0.717, 1.165) is 23.8 Å². The maximum Gasteiger partial charge on any atom is 0.417 e. The monoisotopic (exact) mass is 548 g/mol. The molecule has 0 fully saturated rings. The fraction of sp³-hybridized carbons (Fsp3) is 0.571. The molecule has 0 spiro atoms. The predicted octanol–water partition coefficient (Wildman–Crippen LogP) is 6.88. The lowest BCUT2D eigenvalue weighted by molar-refractivity contribution is -0.137. The summed E-state index contributed by atoms with van der Waals surface area (Å²) < 4.78 is 54.6. The minimum atomic E-state index is -4.58. The van der Waals surface area contributed by atoms with E-state index in [1.54, 1.807) is 18.5 Å². The third-order valence-electron chi connectivity index (χ3n) is 7.65. The summed E-state index contributed by atoms with van der Waals surface area (Å²) in [5, 5.41) is 9.28. The van der Waals surface area contributed by atoms with Gasteiger partial charge in [0.1, 0.15) is 0 Å². The van der Waals surface area contributed by atoms with Crippen LogP contribution in [0.2, 0.25) is 18.1 Å². The lowest BCUT2D eigenvalue weighted by Gasteiger charge is -2.36. The third kappa shape index (κ3) is 7.07. The third-order valence-corrected chi connectivity index (χ3v) is 12.2. The molecule has 1 atom stereocenters. The Bertz CT molecular complexity index is 1160. The number of aromatic nitrogens is 2. The molecule has 1 heterocycles. The highest BCUT2D eigenvalue weighted by molar-refractivity contribution is 6.74. The molecular formula is C28H39F3N4O2Si. The van der Waals surface area contributed by atoms with Crippen LogP contribution in [-0.2, 0) is 21.9 Å². The Morgan fingerprint density at radius 3 is 2.55 bits per heavy atom. The van der Waals surface area contributed by atoms with Gasteiger partial charge in [0.2, 0.25) is 0 Å². The van der Waals surface area contributed by atoms with E-state index in [2.05, 4.69) is 49.5 Å². The molecule has 0 saturated carbocycles. The van der Waals surface area contributed by atoms with Crippen LogP contribution >= 0.6 is 0 Å². The smallest absolute Gasteiger partial charge is 0.414 e. The predicted molar refractivity (Wildman–Crippen MR) is 146 cm³/mol. The van der Waals surface area contributed by atoms with Gasteiger partial charge in [0.25, 0.3) is 0 Å². The van der Waals surface area contributed by atoms with Gasteiger partial charge < -0.3 is 18.6 Å². The summed E-state index contributed by atoms with van der Waals surface area (Å²) in [4.78, 5) is 6.30. The lowest BCUT2D eigenvalue weighted by atomic mass is 10.0. The van der Waals surface area contributed by atoms with Crippen LogP contribution < -0.4 is 4.90 Å². The summed E-state index contributed by atoms with van der Waals surface area (Å²) in [7, 11) is -1.78. The van der Waals surface area contributed by atoms with Crippen LogP contribution in [0.1, 0.15) is 57.4 Å². The van der Waals surface area contributed by atoms with Crippen LogP contribution in [-0.4, -0.2) is 50.3 Å². The van der Waals surface area contributed by atoms with E-state index in [9.17, 15) is 13.2 Å². The molecule has 6 nitrogen and oxygen atoms in total. The number of nitrogens with zero attached hydrogens (tertiary/aromatic N) is 4. The molecule has 38 heavy (non-hydrogen) atoms. The maximum atomic E-state index is 13.5. The van der Waals surface area contributed by atoms with Crippen LogP contribution in [0.4, 0.5) is 18.9 Å². The van der Waals surface area contributed by atoms with Crippen molar-refractivity contribution < 1.29 is 22.3 Å². The molecule has 0 saturated heterocycles. The normalized spacial score (nSPS) is 16.4. The molecule has 2 aromatic rings. The van der Waals surface area contributed by atoms with E-state index >= 15 is 0 Å². The first-order valence-corrected chi connectivity index (χ1v) is 16.0. The van der Waals surface area contributed by atoms with Gasteiger partial charge in [-0.2, -0.15) is 18.4 Å². The molecule has 1 aromatic heterocycles. The highest BCUT2D eigenvalue weighted by atomic mass is 28.4. The Hall–Kier alpha value is -2.61. The fourth-order valence-corrected chi connectivity index (χ4v) is 5.47. The number of imidazole rings is 1. The Kier molecular flexibility index (Phi) is 9.50. The number of halogens is 3. The molecule has 1 unspecified atom stereocenters. The molecule has 1 aromatic carbocycles. The zero-order valence-corrected chi connectivity index (χ0v) is 24.2. The van der Waals surface area contributed by atoms with Crippen molar-refractivity contribution in [3.63, 3.8) is 0 Å². The molecule has 10 heteroatoms. The Balaban J connectivity index is 1.58. The molecule has 0 N–H and O–H groups in total. The average molecular weight is 549 g/mol. The van der Waals surface area contributed by atoms with Crippen LogP contribution in [0, 0.1) is 11.3 Å². The number of nitriles is 1. The van der Waals surface area contributed by atoms with Crippen molar-refractivity contribution in [1.29, 1.82) is 5.26 Å². The average Bonchev–Trinajstić information content (AvgIpc) is 3.50. The fourth-order valence-electron chi connectivity index (χ4n) is 4.44. The second-order valence-electron chi connectivity index (χ2n) is 11.1. The van der Waals surface area contributed by atoms with Gasteiger partial charge in [0, 0.05) is 24.8 Å². The summed E-state index contributed by atoms with van der Waals surface area (Å²) in [6.07, 6.45) is 2.59. The molecule has 0 amide bonds. The zero-order valence-electron chi connectivity index (χ0n) is 23.2. The topological polar surface area (TPSA) is 63.3 Å². The molecule has 0 aliphatic heterocycles. The van der Waals surface area contributed by atoms with Crippen molar-refractivity contribution in [3.8, 4) is 6.07 Å². The van der Waals surface area contributed by atoms with E-state index in [-0.39, 0.29) is 16.6 Å². The van der Waals surface area contributed by atoms with E-state index < -0.39 is 20.1 Å². The molecule has 3 rings (SSSR count). The van der Waals surface area contributed by atoms with Crippen LogP contribution in [0.25, 0.3) is 5.57 Å². The minimum absolute atomic E-state index is 0.0242. The van der Waals surface area contributed by atoms with Gasteiger partial charge in [-0.1, -0.05) is 26.8 Å². The minimum Gasteiger partial charge on any atom is -0.414 e. The quantitative estimate of drug-likeness (QED) is 0.226. The summed E-state index contributed by atoms with van der Waals surface area (Å²) in [6, 6.07) is 5.64. The first kappa shape index (κ1) is 29.9. The highest BCUT2D eigenvalue weighted by Crippen LogP contribution is 2.38. The number of anilines is 1. The maximum absolute atomic E-state index is 13.5. The Morgan fingerprint density at radius 2 is 1.92 bits per heavy atom. The second kappa shape index (κ2) is 12.1. The standard InChI is InChI=1S/C28H39F3N4O2Si/c1-7-35(24-11-9-22(18-32)25(17-24)28(29,30)31)23-10-8-21(16-23)26-19-33-20-34(26)12-13-36-14-15-37-38(5,6)27(2,3)4/h8-9,11,17,19-20,23H,7,10,12-16H2,1-6H3. The highest BCUT2D eigenvalue weighted by Gasteiger charge is 2.37. The van der Waals surface area contributed by atoms with Crippen molar-refractivity contribution in [3.05, 3.63) is 53.6 Å². The van der Waals surface area contributed by atoms with Gasteiger partial charge in [-0.3, -0.25) is 0 Å². The van der Waals surface area contributed by atoms with Gasteiger partial charge in [-0.15, -0.1) is 0 Å². The molecule has 0 bridgehead atoms. The summed E-state index contributed by atoms with van der Waals surface area (Å²) in [6.45, 7) is 15.9. The number of benzene rings is 1. The first-order valence-electron chi connectivity index (χ1n) is 13.1. The Labute approximate surface area is 225 Å². The molecule has 208 valence electrons.